The van der Waals surface area contributed by atoms with E-state index >= 15 is 0 Å². The van der Waals surface area contributed by atoms with Gasteiger partial charge in [0.1, 0.15) is 0 Å². The first-order valence-corrected chi connectivity index (χ1v) is 9.93. The summed E-state index contributed by atoms with van der Waals surface area (Å²) in [6.45, 7) is 0. The maximum Gasteiger partial charge on any atom is 0.240 e. The van der Waals surface area contributed by atoms with Crippen molar-refractivity contribution in [1.29, 1.82) is 0 Å². The molecular weight excluding hydrogens is 376 g/mol. The molecule has 0 unspecified atom stereocenters. The fraction of sp³-hybridized carbons (Fsp3) is 0.286. The van der Waals surface area contributed by atoms with Gasteiger partial charge in [-0.05, 0) is 24.3 Å². The van der Waals surface area contributed by atoms with Gasteiger partial charge in [-0.3, -0.25) is 9.59 Å². The zero-order valence-electron chi connectivity index (χ0n) is 15.9. The summed E-state index contributed by atoms with van der Waals surface area (Å²) in [4.78, 5) is 25.7. The molecule has 7 heteroatoms. The summed E-state index contributed by atoms with van der Waals surface area (Å²) in [5.74, 6) is 1.56. The van der Waals surface area contributed by atoms with E-state index in [1.165, 1.54) is 19.1 Å². The molecule has 1 N–H and O–H groups in total. The number of Topliss-reactive ketones (excluding diaryl/α,β-unsaturated/α-hetero) is 1. The molecule has 1 heterocycles. The summed E-state index contributed by atoms with van der Waals surface area (Å²) in [6, 6.07) is 13.0. The maximum absolute atomic E-state index is 12.4. The quantitative estimate of drug-likeness (QED) is 0.569. The van der Waals surface area contributed by atoms with Gasteiger partial charge in [0.25, 0.3) is 0 Å². The molecule has 0 aromatic heterocycles. The Morgan fingerprint density at radius 1 is 1.07 bits per heavy atom. The van der Waals surface area contributed by atoms with E-state index in [2.05, 4.69) is 16.6 Å². The van der Waals surface area contributed by atoms with Crippen molar-refractivity contribution in [3.8, 4) is 11.5 Å². The number of carbonyl (C=O) groups is 2. The number of ketones is 1. The van der Waals surface area contributed by atoms with Crippen LogP contribution in [0.2, 0.25) is 0 Å². The van der Waals surface area contributed by atoms with Crippen LogP contribution in [0.4, 0.5) is 0 Å². The Bertz CT molecular complexity index is 911. The summed E-state index contributed by atoms with van der Waals surface area (Å²) in [6.07, 6.45) is 0.964. The number of rotatable bonds is 7. The third kappa shape index (κ3) is 4.72. The monoisotopic (exact) mass is 398 g/mol. The number of fused-ring (bicyclic) bond motifs is 1. The van der Waals surface area contributed by atoms with Crippen LogP contribution in [0.25, 0.3) is 0 Å². The summed E-state index contributed by atoms with van der Waals surface area (Å²) in [7, 11) is 3.05. The highest BCUT2D eigenvalue weighted by molar-refractivity contribution is 7.99. The minimum absolute atomic E-state index is 0.0698. The highest BCUT2D eigenvalue weighted by Gasteiger charge is 2.16. The van der Waals surface area contributed by atoms with E-state index in [1.807, 2.05) is 18.2 Å². The molecule has 0 fully saturated rings. The lowest BCUT2D eigenvalue weighted by atomic mass is 10.1. The van der Waals surface area contributed by atoms with Crippen molar-refractivity contribution in [3.05, 3.63) is 53.6 Å². The number of thioether (sulfide) groups is 1. The van der Waals surface area contributed by atoms with Gasteiger partial charge in [-0.1, -0.05) is 18.2 Å². The van der Waals surface area contributed by atoms with Crippen LogP contribution in [0.15, 0.2) is 52.5 Å². The van der Waals surface area contributed by atoms with Gasteiger partial charge in [-0.15, -0.1) is 11.8 Å². The molecule has 146 valence electrons. The molecule has 1 aliphatic heterocycles. The Morgan fingerprint density at radius 2 is 1.86 bits per heavy atom. The second kappa shape index (κ2) is 9.41. The summed E-state index contributed by atoms with van der Waals surface area (Å²) < 4.78 is 10.4. The number of nitrogens with zero attached hydrogens (tertiary/aromatic N) is 1. The van der Waals surface area contributed by atoms with Crippen LogP contribution in [-0.4, -0.2) is 37.4 Å². The average molecular weight is 398 g/mol. The minimum Gasteiger partial charge on any atom is -0.493 e. The SMILES string of the molecule is COc1ccc(C(=O)CCC(=O)N/N=C2\CCSc3ccccc32)cc1OC. The molecular formula is C21H22N2O4S. The molecule has 3 rings (SSSR count). The number of hydrazone groups is 1. The summed E-state index contributed by atoms with van der Waals surface area (Å²) >= 11 is 1.79. The first-order valence-electron chi connectivity index (χ1n) is 8.95. The molecule has 0 bridgehead atoms. The predicted molar refractivity (Wildman–Crippen MR) is 110 cm³/mol. The number of benzene rings is 2. The molecule has 0 atom stereocenters. The number of methoxy groups -OCH3 is 2. The van der Waals surface area contributed by atoms with E-state index in [0.717, 1.165) is 23.4 Å². The average Bonchev–Trinajstić information content (AvgIpc) is 2.75. The van der Waals surface area contributed by atoms with Gasteiger partial charge in [-0.25, -0.2) is 5.43 Å². The summed E-state index contributed by atoms with van der Waals surface area (Å²) in [5, 5.41) is 4.28. The smallest absolute Gasteiger partial charge is 0.240 e. The van der Waals surface area contributed by atoms with Crippen LogP contribution in [0.1, 0.15) is 35.2 Å². The van der Waals surface area contributed by atoms with Gasteiger partial charge in [0.05, 0.1) is 19.9 Å². The molecule has 0 aliphatic carbocycles. The molecule has 0 radical (unpaired) electrons. The van der Waals surface area contributed by atoms with E-state index < -0.39 is 0 Å². The van der Waals surface area contributed by atoms with Crippen LogP contribution < -0.4 is 14.9 Å². The lowest BCUT2D eigenvalue weighted by Gasteiger charge is -2.16. The second-order valence-corrected chi connectivity index (χ2v) is 7.32. The topological polar surface area (TPSA) is 77.0 Å². The lowest BCUT2D eigenvalue weighted by Crippen LogP contribution is -2.22. The fourth-order valence-corrected chi connectivity index (χ4v) is 3.94. The number of hydrogen-bond donors (Lipinski definition) is 1. The van der Waals surface area contributed by atoms with Crippen LogP contribution in [0.5, 0.6) is 11.5 Å². The van der Waals surface area contributed by atoms with Crippen molar-refractivity contribution in [2.24, 2.45) is 5.10 Å². The van der Waals surface area contributed by atoms with E-state index in [9.17, 15) is 9.59 Å². The largest absolute Gasteiger partial charge is 0.493 e. The second-order valence-electron chi connectivity index (χ2n) is 6.18. The van der Waals surface area contributed by atoms with Crippen molar-refractivity contribution in [2.75, 3.05) is 20.0 Å². The van der Waals surface area contributed by atoms with Crippen LogP contribution in [-0.2, 0) is 4.79 Å². The Kier molecular flexibility index (Phi) is 6.71. The Morgan fingerprint density at radius 3 is 2.64 bits per heavy atom. The molecule has 0 saturated carbocycles. The molecule has 0 saturated heterocycles. The standard InChI is InChI=1S/C21H22N2O4S/c1-26-18-9-7-14(13-19(18)27-2)17(24)8-10-21(25)23-22-16-11-12-28-20-6-4-3-5-15(16)20/h3-7,9,13H,8,10-12H2,1-2H3,(H,23,25)/b22-16+. The zero-order valence-corrected chi connectivity index (χ0v) is 16.7. The van der Waals surface area contributed by atoms with Gasteiger partial charge in [0.2, 0.25) is 5.91 Å². The van der Waals surface area contributed by atoms with Gasteiger partial charge in [0, 0.05) is 41.0 Å². The molecule has 2 aromatic rings. The normalized spacial score (nSPS) is 14.3. The van der Waals surface area contributed by atoms with Gasteiger partial charge in [0.15, 0.2) is 17.3 Å². The van der Waals surface area contributed by atoms with E-state index in [0.29, 0.717) is 17.1 Å². The first-order chi connectivity index (χ1) is 13.6. The molecule has 2 aromatic carbocycles. The van der Waals surface area contributed by atoms with E-state index in [1.54, 1.807) is 30.0 Å². The minimum atomic E-state index is -0.281. The van der Waals surface area contributed by atoms with Gasteiger partial charge in [-0.2, -0.15) is 5.10 Å². The van der Waals surface area contributed by atoms with Crippen LogP contribution in [0, 0.1) is 0 Å². The van der Waals surface area contributed by atoms with Crippen LogP contribution >= 0.6 is 11.8 Å². The number of nitrogens with one attached hydrogen (secondary N) is 1. The molecule has 1 amide bonds. The Labute approximate surface area is 168 Å². The molecule has 0 spiro atoms. The summed E-state index contributed by atoms with van der Waals surface area (Å²) in [5.41, 5.74) is 4.99. The number of amides is 1. The van der Waals surface area contributed by atoms with E-state index in [4.69, 9.17) is 9.47 Å². The third-order valence-electron chi connectivity index (χ3n) is 4.39. The maximum atomic E-state index is 12.4. The highest BCUT2D eigenvalue weighted by Crippen LogP contribution is 2.30. The lowest BCUT2D eigenvalue weighted by molar-refractivity contribution is -0.121. The number of hydrogen-bond acceptors (Lipinski definition) is 6. The van der Waals surface area contributed by atoms with Crippen molar-refractivity contribution < 1.29 is 19.1 Å². The van der Waals surface area contributed by atoms with Crippen molar-refractivity contribution in [3.63, 3.8) is 0 Å². The van der Waals surface area contributed by atoms with Crippen molar-refractivity contribution >= 4 is 29.2 Å². The zero-order chi connectivity index (χ0) is 19.9. The Balaban J connectivity index is 1.57. The Hall–Kier alpha value is -2.80. The first kappa shape index (κ1) is 19.9. The van der Waals surface area contributed by atoms with Gasteiger partial charge < -0.3 is 9.47 Å². The van der Waals surface area contributed by atoms with Crippen LogP contribution in [0.3, 0.4) is 0 Å². The van der Waals surface area contributed by atoms with Crippen molar-refractivity contribution in [1.82, 2.24) is 5.43 Å². The van der Waals surface area contributed by atoms with Crippen molar-refractivity contribution in [2.45, 2.75) is 24.2 Å². The van der Waals surface area contributed by atoms with E-state index in [-0.39, 0.29) is 24.5 Å². The number of carbonyl (C=O) groups excluding carboxylic acids is 2. The predicted octanol–water partition coefficient (Wildman–Crippen LogP) is 3.68. The fourth-order valence-electron chi connectivity index (χ4n) is 2.91. The molecule has 6 nitrogen and oxygen atoms in total. The number of ether oxygens (including phenoxy) is 2. The molecule has 28 heavy (non-hydrogen) atoms. The van der Waals surface area contributed by atoms with Gasteiger partial charge >= 0.3 is 0 Å². The molecule has 1 aliphatic rings. The third-order valence-corrected chi connectivity index (χ3v) is 5.47. The highest BCUT2D eigenvalue weighted by atomic mass is 32.2.